The number of phenolic OH excluding ortho intramolecular Hbond substituents is 1. The SMILES string of the molecule is Oc1ccc(-c2cnc3ccc(NCc4cccc(Cl)c4)nn23)cc1. The molecule has 0 amide bonds. The third-order valence-electron chi connectivity index (χ3n) is 3.89. The lowest BCUT2D eigenvalue weighted by molar-refractivity contribution is 0.475. The molecule has 0 saturated carbocycles. The molecule has 0 aliphatic carbocycles. The average molecular weight is 351 g/mol. The Hall–Kier alpha value is -3.05. The lowest BCUT2D eigenvalue weighted by Gasteiger charge is -2.08. The predicted octanol–water partition coefficient (Wildman–Crippen LogP) is 4.37. The predicted molar refractivity (Wildman–Crippen MR) is 98.9 cm³/mol. The van der Waals surface area contributed by atoms with Crippen LogP contribution in [0, 0.1) is 0 Å². The number of anilines is 1. The van der Waals surface area contributed by atoms with Crippen LogP contribution in [0.3, 0.4) is 0 Å². The van der Waals surface area contributed by atoms with Crippen molar-refractivity contribution < 1.29 is 5.11 Å². The number of hydrogen-bond acceptors (Lipinski definition) is 4. The van der Waals surface area contributed by atoms with Gasteiger partial charge in [0.1, 0.15) is 11.6 Å². The quantitative estimate of drug-likeness (QED) is 0.573. The molecule has 6 heteroatoms. The van der Waals surface area contributed by atoms with Gasteiger partial charge in [0.05, 0.1) is 11.9 Å². The highest BCUT2D eigenvalue weighted by Gasteiger charge is 2.08. The first-order valence-corrected chi connectivity index (χ1v) is 8.19. The van der Waals surface area contributed by atoms with E-state index in [1.165, 1.54) is 0 Å². The molecule has 0 atom stereocenters. The van der Waals surface area contributed by atoms with Gasteiger partial charge >= 0.3 is 0 Å². The molecule has 5 nitrogen and oxygen atoms in total. The topological polar surface area (TPSA) is 62.5 Å². The van der Waals surface area contributed by atoms with Gasteiger partial charge < -0.3 is 10.4 Å². The Labute approximate surface area is 149 Å². The molecule has 2 aromatic heterocycles. The molecular weight excluding hydrogens is 336 g/mol. The van der Waals surface area contributed by atoms with Crippen LogP contribution in [0.5, 0.6) is 5.75 Å². The Balaban J connectivity index is 1.63. The summed E-state index contributed by atoms with van der Waals surface area (Å²) in [6.45, 7) is 0.627. The highest BCUT2D eigenvalue weighted by atomic mass is 35.5. The van der Waals surface area contributed by atoms with E-state index in [0.29, 0.717) is 11.6 Å². The Morgan fingerprint density at radius 1 is 1.04 bits per heavy atom. The summed E-state index contributed by atoms with van der Waals surface area (Å²) >= 11 is 6.02. The summed E-state index contributed by atoms with van der Waals surface area (Å²) in [5.74, 6) is 0.972. The van der Waals surface area contributed by atoms with Gasteiger partial charge in [0.25, 0.3) is 0 Å². The fraction of sp³-hybridized carbons (Fsp3) is 0.0526. The third kappa shape index (κ3) is 3.27. The highest BCUT2D eigenvalue weighted by Crippen LogP contribution is 2.23. The largest absolute Gasteiger partial charge is 0.508 e. The maximum absolute atomic E-state index is 9.45. The molecule has 0 bridgehead atoms. The van der Waals surface area contributed by atoms with Crippen molar-refractivity contribution in [2.45, 2.75) is 6.54 Å². The van der Waals surface area contributed by atoms with Crippen molar-refractivity contribution in [3.05, 3.63) is 77.4 Å². The lowest BCUT2D eigenvalue weighted by Crippen LogP contribution is -2.04. The molecule has 2 aromatic carbocycles. The smallest absolute Gasteiger partial charge is 0.154 e. The summed E-state index contributed by atoms with van der Waals surface area (Å²) in [4.78, 5) is 4.38. The minimum absolute atomic E-state index is 0.231. The molecule has 4 rings (SSSR count). The molecule has 0 saturated heterocycles. The zero-order valence-electron chi connectivity index (χ0n) is 13.2. The van der Waals surface area contributed by atoms with E-state index in [1.807, 2.05) is 48.5 Å². The number of rotatable bonds is 4. The highest BCUT2D eigenvalue weighted by molar-refractivity contribution is 6.30. The van der Waals surface area contributed by atoms with E-state index in [4.69, 9.17) is 11.6 Å². The monoisotopic (exact) mass is 350 g/mol. The van der Waals surface area contributed by atoms with Crippen LogP contribution < -0.4 is 5.32 Å². The van der Waals surface area contributed by atoms with Crippen molar-refractivity contribution in [3.8, 4) is 17.0 Å². The summed E-state index contributed by atoms with van der Waals surface area (Å²) in [5.41, 5.74) is 3.64. The molecular formula is C19H15ClN4O. The van der Waals surface area contributed by atoms with E-state index in [9.17, 15) is 5.11 Å². The zero-order valence-corrected chi connectivity index (χ0v) is 14.0. The Bertz CT molecular complexity index is 1030. The van der Waals surface area contributed by atoms with Gasteiger partial charge in [-0.15, -0.1) is 5.10 Å². The van der Waals surface area contributed by atoms with Crippen LogP contribution in [0.1, 0.15) is 5.56 Å². The summed E-state index contributed by atoms with van der Waals surface area (Å²) in [5, 5.41) is 18.1. The molecule has 124 valence electrons. The number of fused-ring (bicyclic) bond motifs is 1. The van der Waals surface area contributed by atoms with Crippen molar-refractivity contribution in [3.63, 3.8) is 0 Å². The molecule has 4 aromatic rings. The first-order chi connectivity index (χ1) is 12.2. The lowest BCUT2D eigenvalue weighted by atomic mass is 10.2. The number of nitrogens with one attached hydrogen (secondary N) is 1. The van der Waals surface area contributed by atoms with E-state index in [2.05, 4.69) is 15.4 Å². The van der Waals surface area contributed by atoms with E-state index in [0.717, 1.165) is 28.3 Å². The zero-order chi connectivity index (χ0) is 17.2. The second kappa shape index (κ2) is 6.45. The van der Waals surface area contributed by atoms with Crippen molar-refractivity contribution >= 4 is 23.1 Å². The number of nitrogens with zero attached hydrogens (tertiary/aromatic N) is 3. The molecule has 2 N–H and O–H groups in total. The maximum atomic E-state index is 9.45. The van der Waals surface area contributed by atoms with Crippen LogP contribution in [0.15, 0.2) is 66.9 Å². The Morgan fingerprint density at radius 2 is 1.88 bits per heavy atom. The van der Waals surface area contributed by atoms with Crippen LogP contribution in [0.4, 0.5) is 5.82 Å². The van der Waals surface area contributed by atoms with Gasteiger partial charge in [-0.05, 0) is 54.1 Å². The first-order valence-electron chi connectivity index (χ1n) is 7.81. The molecule has 0 aliphatic heterocycles. The number of hydrogen-bond donors (Lipinski definition) is 2. The number of imidazole rings is 1. The second-order valence-corrected chi connectivity index (χ2v) is 6.10. The van der Waals surface area contributed by atoms with Gasteiger partial charge in [-0.2, -0.15) is 0 Å². The summed E-state index contributed by atoms with van der Waals surface area (Å²) in [7, 11) is 0. The Morgan fingerprint density at radius 3 is 2.68 bits per heavy atom. The fourth-order valence-electron chi connectivity index (χ4n) is 2.64. The third-order valence-corrected chi connectivity index (χ3v) is 4.12. The van der Waals surface area contributed by atoms with Gasteiger partial charge in [0, 0.05) is 17.1 Å². The summed E-state index contributed by atoms with van der Waals surface area (Å²) in [6, 6.07) is 18.5. The molecule has 0 aliphatic rings. The molecule has 0 unspecified atom stereocenters. The molecule has 25 heavy (non-hydrogen) atoms. The molecule has 0 fully saturated rings. The molecule has 2 heterocycles. The van der Waals surface area contributed by atoms with Gasteiger partial charge in [-0.3, -0.25) is 0 Å². The van der Waals surface area contributed by atoms with Crippen LogP contribution in [0.25, 0.3) is 16.9 Å². The Kier molecular flexibility index (Phi) is 3.99. The van der Waals surface area contributed by atoms with E-state index in [1.54, 1.807) is 22.8 Å². The number of halogens is 1. The minimum Gasteiger partial charge on any atom is -0.508 e. The van der Waals surface area contributed by atoms with E-state index in [-0.39, 0.29) is 5.75 Å². The summed E-state index contributed by atoms with van der Waals surface area (Å²) in [6.07, 6.45) is 1.77. The van der Waals surface area contributed by atoms with Gasteiger partial charge in [-0.1, -0.05) is 23.7 Å². The number of benzene rings is 2. The van der Waals surface area contributed by atoms with Crippen molar-refractivity contribution in [2.75, 3.05) is 5.32 Å². The second-order valence-electron chi connectivity index (χ2n) is 5.66. The molecule has 0 spiro atoms. The van der Waals surface area contributed by atoms with Crippen LogP contribution in [-0.4, -0.2) is 19.7 Å². The van der Waals surface area contributed by atoms with Crippen molar-refractivity contribution in [1.29, 1.82) is 0 Å². The summed E-state index contributed by atoms with van der Waals surface area (Å²) < 4.78 is 1.78. The van der Waals surface area contributed by atoms with Crippen LogP contribution >= 0.6 is 11.6 Å². The van der Waals surface area contributed by atoms with Gasteiger partial charge in [0.2, 0.25) is 0 Å². The molecule has 0 radical (unpaired) electrons. The van der Waals surface area contributed by atoms with Crippen LogP contribution in [0.2, 0.25) is 5.02 Å². The van der Waals surface area contributed by atoms with Gasteiger partial charge in [0.15, 0.2) is 5.65 Å². The van der Waals surface area contributed by atoms with E-state index >= 15 is 0 Å². The number of aromatic nitrogens is 3. The van der Waals surface area contributed by atoms with Crippen LogP contribution in [-0.2, 0) is 6.54 Å². The van der Waals surface area contributed by atoms with Gasteiger partial charge in [-0.25, -0.2) is 9.50 Å². The fourth-order valence-corrected chi connectivity index (χ4v) is 2.85. The van der Waals surface area contributed by atoms with E-state index < -0.39 is 0 Å². The maximum Gasteiger partial charge on any atom is 0.154 e. The minimum atomic E-state index is 0.231. The normalized spacial score (nSPS) is 10.9. The average Bonchev–Trinajstić information content (AvgIpc) is 3.04. The standard InChI is InChI=1S/C19H15ClN4O/c20-15-3-1-2-13(10-15)11-21-18-8-9-19-22-12-17(24(19)23-18)14-4-6-16(25)7-5-14/h1-10,12,25H,11H2,(H,21,23). The van der Waals surface area contributed by atoms with Crippen molar-refractivity contribution in [1.82, 2.24) is 14.6 Å². The van der Waals surface area contributed by atoms with Crippen molar-refractivity contribution in [2.24, 2.45) is 0 Å². The first kappa shape index (κ1) is 15.5. The number of phenols is 1. The number of aromatic hydroxyl groups is 1.